The molecule has 2 aromatic carbocycles. The van der Waals surface area contributed by atoms with Crippen molar-refractivity contribution in [1.29, 1.82) is 0 Å². The largest absolute Gasteiger partial charge is 0.332 e. The fraction of sp³-hybridized carbons (Fsp3) is 0.417. The van der Waals surface area contributed by atoms with E-state index in [-0.39, 0.29) is 21.3 Å². The average molecular weight is 553 g/mol. The first-order chi connectivity index (χ1) is 15.5. The summed E-state index contributed by atoms with van der Waals surface area (Å²) in [5.74, 6) is -0.325. The van der Waals surface area contributed by atoms with Crippen molar-refractivity contribution in [3.8, 4) is 0 Å². The minimum Gasteiger partial charge on any atom is -0.332 e. The van der Waals surface area contributed by atoms with Gasteiger partial charge in [0.2, 0.25) is 10.0 Å². The number of hydrogen-bond donors (Lipinski definition) is 2. The van der Waals surface area contributed by atoms with Crippen molar-refractivity contribution in [2.45, 2.75) is 56.8 Å². The van der Waals surface area contributed by atoms with Crippen molar-refractivity contribution in [2.24, 2.45) is 0 Å². The van der Waals surface area contributed by atoms with Crippen LogP contribution in [-0.4, -0.2) is 36.8 Å². The third-order valence-corrected chi connectivity index (χ3v) is 8.35. The Balaban J connectivity index is 1.63. The second kappa shape index (κ2) is 10.6. The number of rotatable bonds is 4. The molecule has 1 saturated heterocycles. The van der Waals surface area contributed by atoms with Crippen molar-refractivity contribution < 1.29 is 13.2 Å². The number of nitrogens with zero attached hydrogens (tertiary/aromatic N) is 1. The van der Waals surface area contributed by atoms with Gasteiger partial charge in [-0.25, -0.2) is 8.42 Å². The number of benzene rings is 2. The lowest BCUT2D eigenvalue weighted by molar-refractivity contribution is 0.0977. The van der Waals surface area contributed by atoms with E-state index in [9.17, 15) is 13.2 Å². The molecule has 2 aromatic rings. The van der Waals surface area contributed by atoms with Crippen LogP contribution in [0.3, 0.4) is 0 Å². The van der Waals surface area contributed by atoms with Gasteiger partial charge in [-0.15, -0.1) is 0 Å². The standard InChI is InChI=1S/C24H30BrN3O3S2/c1-24(2,3)20-13-8-17(16-21(20)25)22(29)27-23(32)26-18-9-11-19(12-10-18)33(30,31)28-14-6-4-5-7-15-28/h8-13,16H,4-7,14-15H2,1-3H3,(H2,26,27,29,32). The molecule has 1 fully saturated rings. The molecule has 0 atom stereocenters. The summed E-state index contributed by atoms with van der Waals surface area (Å²) in [5.41, 5.74) is 2.14. The molecule has 1 amide bonds. The van der Waals surface area contributed by atoms with Gasteiger partial charge in [-0.1, -0.05) is 55.6 Å². The molecule has 3 rings (SSSR count). The van der Waals surface area contributed by atoms with Crippen LogP contribution in [0.2, 0.25) is 0 Å². The maximum absolute atomic E-state index is 12.9. The number of nitrogens with one attached hydrogen (secondary N) is 2. The molecule has 0 unspecified atom stereocenters. The van der Waals surface area contributed by atoms with Gasteiger partial charge in [0.05, 0.1) is 4.90 Å². The zero-order valence-corrected chi connectivity index (χ0v) is 22.4. The number of sulfonamides is 1. The second-order valence-electron chi connectivity index (χ2n) is 9.20. The number of hydrogen-bond acceptors (Lipinski definition) is 4. The van der Waals surface area contributed by atoms with Crippen LogP contribution in [0.15, 0.2) is 51.8 Å². The summed E-state index contributed by atoms with van der Waals surface area (Å²) in [6.45, 7) is 7.44. The fourth-order valence-electron chi connectivity index (χ4n) is 3.74. The molecule has 0 spiro atoms. The summed E-state index contributed by atoms with van der Waals surface area (Å²) in [4.78, 5) is 12.9. The van der Waals surface area contributed by atoms with Crippen LogP contribution in [0.25, 0.3) is 0 Å². The van der Waals surface area contributed by atoms with Gasteiger partial charge in [-0.2, -0.15) is 4.31 Å². The Morgan fingerprint density at radius 1 is 1.00 bits per heavy atom. The Labute approximate surface area is 210 Å². The molecule has 0 saturated carbocycles. The van der Waals surface area contributed by atoms with Gasteiger partial charge in [0.25, 0.3) is 5.91 Å². The van der Waals surface area contributed by atoms with Crippen LogP contribution in [-0.2, 0) is 15.4 Å². The summed E-state index contributed by atoms with van der Waals surface area (Å²) in [7, 11) is -3.51. The van der Waals surface area contributed by atoms with E-state index in [1.54, 1.807) is 40.7 Å². The van der Waals surface area contributed by atoms with Gasteiger partial charge in [-0.05, 0) is 72.4 Å². The van der Waals surface area contributed by atoms with E-state index in [0.29, 0.717) is 24.3 Å². The summed E-state index contributed by atoms with van der Waals surface area (Å²) in [6.07, 6.45) is 3.91. The molecule has 0 aromatic heterocycles. The first-order valence-electron chi connectivity index (χ1n) is 11.0. The maximum Gasteiger partial charge on any atom is 0.257 e. The molecule has 0 bridgehead atoms. The SMILES string of the molecule is CC(C)(C)c1ccc(C(=O)NC(=S)Nc2ccc(S(=O)(=O)N3CCCCCC3)cc2)cc1Br. The number of carbonyl (C=O) groups excluding carboxylic acids is 1. The summed E-state index contributed by atoms with van der Waals surface area (Å²) >= 11 is 8.82. The van der Waals surface area contributed by atoms with E-state index in [1.165, 1.54) is 0 Å². The lowest BCUT2D eigenvalue weighted by atomic mass is 9.86. The monoisotopic (exact) mass is 551 g/mol. The van der Waals surface area contributed by atoms with Crippen molar-refractivity contribution in [2.75, 3.05) is 18.4 Å². The van der Waals surface area contributed by atoms with E-state index in [4.69, 9.17) is 12.2 Å². The molecular formula is C24H30BrN3O3S2. The molecule has 0 aliphatic carbocycles. The topological polar surface area (TPSA) is 78.5 Å². The normalized spacial score (nSPS) is 15.5. The van der Waals surface area contributed by atoms with Crippen molar-refractivity contribution >= 4 is 54.9 Å². The Morgan fingerprint density at radius 2 is 1.61 bits per heavy atom. The van der Waals surface area contributed by atoms with Gasteiger partial charge in [0.1, 0.15) is 0 Å². The van der Waals surface area contributed by atoms with Gasteiger partial charge < -0.3 is 5.32 Å². The summed E-state index contributed by atoms with van der Waals surface area (Å²) in [6, 6.07) is 11.9. The Hall–Kier alpha value is -1.81. The highest BCUT2D eigenvalue weighted by Crippen LogP contribution is 2.30. The molecule has 0 radical (unpaired) electrons. The summed E-state index contributed by atoms with van der Waals surface area (Å²) in [5, 5.41) is 5.75. The number of halogens is 1. The maximum atomic E-state index is 12.9. The van der Waals surface area contributed by atoms with Crippen LogP contribution in [0, 0.1) is 0 Å². The van der Waals surface area contributed by atoms with E-state index in [2.05, 4.69) is 47.3 Å². The molecule has 33 heavy (non-hydrogen) atoms. The smallest absolute Gasteiger partial charge is 0.257 e. The van der Waals surface area contributed by atoms with E-state index in [1.807, 2.05) is 6.07 Å². The van der Waals surface area contributed by atoms with E-state index in [0.717, 1.165) is 35.7 Å². The second-order valence-corrected chi connectivity index (χ2v) is 12.4. The van der Waals surface area contributed by atoms with E-state index < -0.39 is 10.0 Å². The molecule has 2 N–H and O–H groups in total. The molecule has 178 valence electrons. The minimum absolute atomic E-state index is 0.0441. The number of anilines is 1. The first kappa shape index (κ1) is 25.8. The lowest BCUT2D eigenvalue weighted by Crippen LogP contribution is -2.34. The van der Waals surface area contributed by atoms with Crippen molar-refractivity contribution in [3.05, 3.63) is 58.1 Å². The predicted molar refractivity (Wildman–Crippen MR) is 140 cm³/mol. The van der Waals surface area contributed by atoms with E-state index >= 15 is 0 Å². The highest BCUT2D eigenvalue weighted by Gasteiger charge is 2.25. The molecular weight excluding hydrogens is 522 g/mol. The van der Waals surface area contributed by atoms with Crippen LogP contribution in [0.5, 0.6) is 0 Å². The first-order valence-corrected chi connectivity index (χ1v) is 13.7. The zero-order valence-electron chi connectivity index (χ0n) is 19.2. The fourth-order valence-corrected chi connectivity index (χ4v) is 6.44. The number of amides is 1. The van der Waals surface area contributed by atoms with Gasteiger partial charge >= 0.3 is 0 Å². The molecule has 1 heterocycles. The number of thiocarbonyl (C=S) groups is 1. The molecule has 1 aliphatic heterocycles. The Bertz CT molecular complexity index is 1120. The minimum atomic E-state index is -3.51. The summed E-state index contributed by atoms with van der Waals surface area (Å²) < 4.78 is 28.2. The number of carbonyl (C=O) groups is 1. The molecule has 6 nitrogen and oxygen atoms in total. The quantitative estimate of drug-likeness (QED) is 0.494. The predicted octanol–water partition coefficient (Wildman–Crippen LogP) is 5.44. The zero-order chi connectivity index (χ0) is 24.2. The highest BCUT2D eigenvalue weighted by molar-refractivity contribution is 9.10. The van der Waals surface area contributed by atoms with Crippen molar-refractivity contribution in [1.82, 2.24) is 9.62 Å². The van der Waals surface area contributed by atoms with Gasteiger partial charge in [0, 0.05) is 28.8 Å². The molecule has 9 heteroatoms. The average Bonchev–Trinajstić information content (AvgIpc) is 3.03. The third-order valence-electron chi connectivity index (χ3n) is 5.58. The highest BCUT2D eigenvalue weighted by atomic mass is 79.9. The van der Waals surface area contributed by atoms with Crippen LogP contribution in [0.4, 0.5) is 5.69 Å². The van der Waals surface area contributed by atoms with Gasteiger partial charge in [0.15, 0.2) is 5.11 Å². The van der Waals surface area contributed by atoms with Crippen LogP contribution in [0.1, 0.15) is 62.4 Å². The van der Waals surface area contributed by atoms with Crippen LogP contribution < -0.4 is 10.6 Å². The van der Waals surface area contributed by atoms with Crippen molar-refractivity contribution in [3.63, 3.8) is 0 Å². The third kappa shape index (κ3) is 6.62. The van der Waals surface area contributed by atoms with Gasteiger partial charge in [-0.3, -0.25) is 10.1 Å². The Kier molecular flexibility index (Phi) is 8.31. The van der Waals surface area contributed by atoms with Crippen LogP contribution >= 0.6 is 28.1 Å². The molecule has 1 aliphatic rings. The lowest BCUT2D eigenvalue weighted by Gasteiger charge is -2.21. The Morgan fingerprint density at radius 3 is 2.15 bits per heavy atom.